The quantitative estimate of drug-likeness (QED) is 0.874. The summed E-state index contributed by atoms with van der Waals surface area (Å²) >= 11 is 0. The van der Waals surface area contributed by atoms with Crippen LogP contribution in [0.3, 0.4) is 0 Å². The maximum absolute atomic E-state index is 9.31. The minimum absolute atomic E-state index is 0.135. The van der Waals surface area contributed by atoms with Gasteiger partial charge in [-0.05, 0) is 12.1 Å². The van der Waals surface area contributed by atoms with E-state index in [4.69, 9.17) is 4.74 Å². The number of nitrogens with zero attached hydrogens (tertiary/aromatic N) is 3. The van der Waals surface area contributed by atoms with Crippen LogP contribution in [-0.4, -0.2) is 48.0 Å². The van der Waals surface area contributed by atoms with Crippen molar-refractivity contribution < 1.29 is 9.84 Å². The van der Waals surface area contributed by atoms with Gasteiger partial charge in [-0.1, -0.05) is 12.1 Å². The van der Waals surface area contributed by atoms with Crippen molar-refractivity contribution in [2.75, 3.05) is 37.8 Å². The number of para-hydroxylation sites is 2. The Bertz CT molecular complexity index is 561. The van der Waals surface area contributed by atoms with Gasteiger partial charge in [-0.15, -0.1) is 0 Å². The van der Waals surface area contributed by atoms with E-state index in [0.717, 1.165) is 29.9 Å². The number of rotatable bonds is 2. The molecule has 1 aliphatic rings. The molecule has 0 amide bonds. The molecule has 1 fully saturated rings. The van der Waals surface area contributed by atoms with Gasteiger partial charge in [0.05, 0.1) is 30.4 Å². The van der Waals surface area contributed by atoms with Gasteiger partial charge in [-0.25, -0.2) is 4.98 Å². The molecule has 100 valence electrons. The zero-order chi connectivity index (χ0) is 13.1. The third-order valence-corrected chi connectivity index (χ3v) is 3.36. The number of hydrogen-bond acceptors (Lipinski definition) is 5. The SMILES string of the molecule is OC[C@H]1COCCN(c2cnc3ccccc3n2)C1. The molecule has 0 spiro atoms. The molecule has 3 rings (SSSR count). The maximum Gasteiger partial charge on any atom is 0.147 e. The molecule has 1 aromatic heterocycles. The second kappa shape index (κ2) is 5.50. The van der Waals surface area contributed by atoms with Crippen LogP contribution >= 0.6 is 0 Å². The molecule has 1 N–H and O–H groups in total. The number of aliphatic hydroxyl groups is 1. The summed E-state index contributed by atoms with van der Waals surface area (Å²) in [6.45, 7) is 2.93. The lowest BCUT2D eigenvalue weighted by molar-refractivity contribution is 0.0959. The fourth-order valence-electron chi connectivity index (χ4n) is 2.30. The molecule has 2 aromatic rings. The number of aromatic nitrogens is 2. The predicted octanol–water partition coefficient (Wildman–Crippen LogP) is 1.07. The Kier molecular flexibility index (Phi) is 3.57. The van der Waals surface area contributed by atoms with E-state index in [9.17, 15) is 5.11 Å². The van der Waals surface area contributed by atoms with Crippen LogP contribution in [0, 0.1) is 5.92 Å². The largest absolute Gasteiger partial charge is 0.396 e. The molecule has 2 heterocycles. The number of hydrogen-bond donors (Lipinski definition) is 1. The molecule has 0 unspecified atom stereocenters. The lowest BCUT2D eigenvalue weighted by atomic mass is 10.1. The van der Waals surface area contributed by atoms with E-state index in [2.05, 4.69) is 14.9 Å². The highest BCUT2D eigenvalue weighted by atomic mass is 16.5. The van der Waals surface area contributed by atoms with Crippen molar-refractivity contribution in [1.82, 2.24) is 9.97 Å². The Morgan fingerprint density at radius 3 is 3.00 bits per heavy atom. The van der Waals surface area contributed by atoms with E-state index in [-0.39, 0.29) is 12.5 Å². The van der Waals surface area contributed by atoms with Crippen LogP contribution in [0.15, 0.2) is 30.5 Å². The molecule has 19 heavy (non-hydrogen) atoms. The van der Waals surface area contributed by atoms with Gasteiger partial charge in [-0.2, -0.15) is 0 Å². The lowest BCUT2D eigenvalue weighted by Crippen LogP contribution is -2.32. The molecule has 0 radical (unpaired) electrons. The van der Waals surface area contributed by atoms with Crippen molar-refractivity contribution in [3.63, 3.8) is 0 Å². The first-order chi connectivity index (χ1) is 9.36. The third kappa shape index (κ3) is 2.67. The summed E-state index contributed by atoms with van der Waals surface area (Å²) in [5.41, 5.74) is 1.79. The van der Waals surface area contributed by atoms with E-state index >= 15 is 0 Å². The molecule has 5 nitrogen and oxygen atoms in total. The Morgan fingerprint density at radius 2 is 2.16 bits per heavy atom. The maximum atomic E-state index is 9.31. The van der Waals surface area contributed by atoms with Gasteiger partial charge in [0.1, 0.15) is 5.82 Å². The molecule has 1 atom stereocenters. The van der Waals surface area contributed by atoms with E-state index in [1.807, 2.05) is 24.3 Å². The van der Waals surface area contributed by atoms with E-state index in [1.54, 1.807) is 6.20 Å². The molecule has 1 saturated heterocycles. The minimum Gasteiger partial charge on any atom is -0.396 e. The standard InChI is InChI=1S/C14H17N3O2/c18-9-11-8-17(5-6-19-10-11)14-7-15-12-3-1-2-4-13(12)16-14/h1-4,7,11,18H,5-6,8-10H2/t11-/m0/s1. The van der Waals surface area contributed by atoms with Crippen LogP contribution in [-0.2, 0) is 4.74 Å². The third-order valence-electron chi connectivity index (χ3n) is 3.36. The molecule has 1 aliphatic heterocycles. The summed E-state index contributed by atoms with van der Waals surface area (Å²) in [6.07, 6.45) is 1.79. The first kappa shape index (κ1) is 12.3. The molecule has 1 aromatic carbocycles. The highest BCUT2D eigenvalue weighted by Crippen LogP contribution is 2.18. The molecular weight excluding hydrogens is 242 g/mol. The van der Waals surface area contributed by atoms with Crippen molar-refractivity contribution in [2.24, 2.45) is 5.92 Å². The van der Waals surface area contributed by atoms with Gasteiger partial charge in [0.15, 0.2) is 0 Å². The van der Waals surface area contributed by atoms with E-state index < -0.39 is 0 Å². The van der Waals surface area contributed by atoms with Crippen LogP contribution in [0.1, 0.15) is 0 Å². The summed E-state index contributed by atoms with van der Waals surface area (Å²) in [5.74, 6) is 0.985. The highest BCUT2D eigenvalue weighted by molar-refractivity contribution is 5.75. The zero-order valence-electron chi connectivity index (χ0n) is 10.7. The normalized spacial score (nSPS) is 20.5. The summed E-state index contributed by atoms with van der Waals surface area (Å²) in [6, 6.07) is 7.83. The van der Waals surface area contributed by atoms with Crippen molar-refractivity contribution in [1.29, 1.82) is 0 Å². The van der Waals surface area contributed by atoms with Crippen LogP contribution < -0.4 is 4.90 Å². The molecule has 5 heteroatoms. The smallest absolute Gasteiger partial charge is 0.147 e. The number of fused-ring (bicyclic) bond motifs is 1. The van der Waals surface area contributed by atoms with Crippen LogP contribution in [0.5, 0.6) is 0 Å². The fraction of sp³-hybridized carbons (Fsp3) is 0.429. The van der Waals surface area contributed by atoms with E-state index in [0.29, 0.717) is 13.2 Å². The highest BCUT2D eigenvalue weighted by Gasteiger charge is 2.19. The number of ether oxygens (including phenoxy) is 1. The Hall–Kier alpha value is -1.72. The first-order valence-electron chi connectivity index (χ1n) is 6.52. The monoisotopic (exact) mass is 259 g/mol. The van der Waals surface area contributed by atoms with Crippen LogP contribution in [0.4, 0.5) is 5.82 Å². The van der Waals surface area contributed by atoms with Crippen molar-refractivity contribution >= 4 is 16.9 Å². The van der Waals surface area contributed by atoms with Gasteiger partial charge in [-0.3, -0.25) is 4.98 Å². The number of aliphatic hydroxyl groups excluding tert-OH is 1. The number of benzene rings is 1. The predicted molar refractivity (Wildman–Crippen MR) is 73.1 cm³/mol. The summed E-state index contributed by atoms with van der Waals surface area (Å²) in [7, 11) is 0. The summed E-state index contributed by atoms with van der Waals surface area (Å²) in [4.78, 5) is 11.2. The Balaban J connectivity index is 1.89. The summed E-state index contributed by atoms with van der Waals surface area (Å²) in [5, 5.41) is 9.31. The molecule has 0 bridgehead atoms. The van der Waals surface area contributed by atoms with Gasteiger partial charge in [0, 0.05) is 25.6 Å². The second-order valence-electron chi connectivity index (χ2n) is 4.79. The minimum atomic E-state index is 0.135. The van der Waals surface area contributed by atoms with Crippen molar-refractivity contribution in [3.05, 3.63) is 30.5 Å². The number of anilines is 1. The summed E-state index contributed by atoms with van der Waals surface area (Å²) < 4.78 is 5.49. The Morgan fingerprint density at radius 1 is 1.32 bits per heavy atom. The molecule has 0 aliphatic carbocycles. The van der Waals surface area contributed by atoms with Crippen LogP contribution in [0.25, 0.3) is 11.0 Å². The van der Waals surface area contributed by atoms with Gasteiger partial charge in [0.25, 0.3) is 0 Å². The first-order valence-corrected chi connectivity index (χ1v) is 6.52. The van der Waals surface area contributed by atoms with Gasteiger partial charge < -0.3 is 14.7 Å². The van der Waals surface area contributed by atoms with Gasteiger partial charge >= 0.3 is 0 Å². The fourth-order valence-corrected chi connectivity index (χ4v) is 2.30. The average molecular weight is 259 g/mol. The van der Waals surface area contributed by atoms with E-state index in [1.165, 1.54) is 0 Å². The lowest BCUT2D eigenvalue weighted by Gasteiger charge is -2.23. The molecular formula is C14H17N3O2. The van der Waals surface area contributed by atoms with Gasteiger partial charge in [0.2, 0.25) is 0 Å². The van der Waals surface area contributed by atoms with Crippen LogP contribution in [0.2, 0.25) is 0 Å². The van der Waals surface area contributed by atoms with Crippen molar-refractivity contribution in [2.45, 2.75) is 0 Å². The van der Waals surface area contributed by atoms with Crippen molar-refractivity contribution in [3.8, 4) is 0 Å². The average Bonchev–Trinajstić information content (AvgIpc) is 2.72. The molecule has 0 saturated carbocycles. The second-order valence-corrected chi connectivity index (χ2v) is 4.79. The Labute approximate surface area is 111 Å². The topological polar surface area (TPSA) is 58.5 Å². The zero-order valence-corrected chi connectivity index (χ0v) is 10.7.